The van der Waals surface area contributed by atoms with Crippen LogP contribution in [-0.2, 0) is 11.4 Å². The van der Waals surface area contributed by atoms with Gasteiger partial charge in [0, 0.05) is 37.8 Å². The molecule has 0 spiro atoms. The smallest absolute Gasteiger partial charge is 0.326 e. The molecule has 0 saturated carbocycles. The van der Waals surface area contributed by atoms with Gasteiger partial charge in [-0.3, -0.25) is 9.69 Å². The summed E-state index contributed by atoms with van der Waals surface area (Å²) in [7, 11) is 0. The number of hydrogen-bond donors (Lipinski definition) is 2. The van der Waals surface area contributed by atoms with Crippen molar-refractivity contribution in [2.45, 2.75) is 69.5 Å². The molecule has 39 heavy (non-hydrogen) atoms. The van der Waals surface area contributed by atoms with Gasteiger partial charge in [-0.05, 0) is 76.0 Å². The van der Waals surface area contributed by atoms with Crippen LogP contribution in [0.2, 0.25) is 0 Å². The van der Waals surface area contributed by atoms with E-state index in [1.807, 2.05) is 11.0 Å². The Morgan fingerprint density at radius 2 is 1.92 bits per heavy atom. The number of amides is 3. The molecule has 0 aromatic carbocycles. The van der Waals surface area contributed by atoms with Gasteiger partial charge in [0.05, 0.1) is 11.6 Å². The molecule has 3 amide bonds. The third kappa shape index (κ3) is 4.91. The number of nitrogens with zero attached hydrogens (tertiary/aromatic N) is 5. The van der Waals surface area contributed by atoms with Gasteiger partial charge in [-0.1, -0.05) is 13.0 Å². The molecule has 3 saturated heterocycles. The van der Waals surface area contributed by atoms with Crippen molar-refractivity contribution in [1.29, 1.82) is 0 Å². The largest absolute Gasteiger partial charge is 0.587 e. The van der Waals surface area contributed by atoms with Crippen molar-refractivity contribution in [2.24, 2.45) is 11.8 Å². The first-order valence-electron chi connectivity index (χ1n) is 14.0. The van der Waals surface area contributed by atoms with Crippen molar-refractivity contribution < 1.29 is 14.1 Å². The van der Waals surface area contributed by atoms with Crippen molar-refractivity contribution in [1.82, 2.24) is 19.6 Å². The number of fused-ring (bicyclic) bond motifs is 7. The zero-order valence-electron chi connectivity index (χ0n) is 22.9. The van der Waals surface area contributed by atoms with Crippen LogP contribution < -0.4 is 19.8 Å². The van der Waals surface area contributed by atoms with Crippen LogP contribution in [0.4, 0.5) is 22.2 Å². The number of aromatic nitrogens is 2. The number of carbonyl (C=O) groups excluding carboxylic acids is 2. The Morgan fingerprint density at radius 1 is 1.08 bits per heavy atom. The minimum atomic E-state index is -1.84. The molecular weight excluding hydrogens is 514 g/mol. The number of carbonyl (C=O) groups is 2. The van der Waals surface area contributed by atoms with Crippen molar-refractivity contribution in [2.75, 3.05) is 41.3 Å². The maximum absolute atomic E-state index is 13.6. The molecule has 0 radical (unpaired) electrons. The highest BCUT2D eigenvalue weighted by atomic mass is 32.2. The van der Waals surface area contributed by atoms with Crippen molar-refractivity contribution in [3.63, 3.8) is 0 Å². The van der Waals surface area contributed by atoms with Gasteiger partial charge < -0.3 is 19.7 Å². The van der Waals surface area contributed by atoms with E-state index in [0.29, 0.717) is 41.4 Å². The fourth-order valence-electron chi connectivity index (χ4n) is 6.57. The lowest BCUT2D eigenvalue weighted by atomic mass is 9.86. The highest BCUT2D eigenvalue weighted by Gasteiger charge is 2.44. The summed E-state index contributed by atoms with van der Waals surface area (Å²) in [6.07, 6.45) is 5.08. The summed E-state index contributed by atoms with van der Waals surface area (Å²) in [6.45, 7) is 9.54. The molecule has 4 aliphatic heterocycles. The summed E-state index contributed by atoms with van der Waals surface area (Å²) in [5, 5.41) is 3.63. The number of pyridine rings is 2. The fraction of sp³-hybridized carbons (Fsp3) is 0.571. The zero-order chi connectivity index (χ0) is 27.3. The fourth-order valence-corrected chi connectivity index (χ4v) is 7.34. The van der Waals surface area contributed by atoms with Gasteiger partial charge in [-0.2, -0.15) is 9.71 Å². The number of urea groups is 1. The predicted molar refractivity (Wildman–Crippen MR) is 151 cm³/mol. The van der Waals surface area contributed by atoms with Crippen molar-refractivity contribution >= 4 is 40.8 Å². The minimum absolute atomic E-state index is 0.0134. The maximum Gasteiger partial charge on any atom is 0.326 e. The number of piperidine rings is 1. The van der Waals surface area contributed by atoms with Gasteiger partial charge >= 0.3 is 6.03 Å². The first-order valence-corrected chi connectivity index (χ1v) is 15.2. The Labute approximate surface area is 232 Å². The first kappa shape index (κ1) is 26.2. The van der Waals surface area contributed by atoms with E-state index < -0.39 is 17.3 Å². The molecule has 4 aliphatic rings. The molecule has 11 heteroatoms. The van der Waals surface area contributed by atoms with E-state index in [-0.39, 0.29) is 22.6 Å². The van der Waals surface area contributed by atoms with Gasteiger partial charge in [0.1, 0.15) is 28.8 Å². The maximum atomic E-state index is 13.6. The Balaban J connectivity index is 1.40. The first-order chi connectivity index (χ1) is 18.7. The van der Waals surface area contributed by atoms with Crippen LogP contribution in [0.1, 0.15) is 63.2 Å². The Hall–Kier alpha value is -3.05. The normalized spacial score (nSPS) is 28.7. The van der Waals surface area contributed by atoms with Crippen molar-refractivity contribution in [3.8, 4) is 0 Å². The van der Waals surface area contributed by atoms with Gasteiger partial charge in [-0.25, -0.2) is 9.78 Å². The summed E-state index contributed by atoms with van der Waals surface area (Å²) in [5.41, 5.74) is 0.101. The predicted octanol–water partition coefficient (Wildman–Crippen LogP) is 3.78. The van der Waals surface area contributed by atoms with E-state index in [2.05, 4.69) is 40.7 Å². The molecule has 0 aliphatic carbocycles. The average Bonchev–Trinajstić information content (AvgIpc) is 3.43. The van der Waals surface area contributed by atoms with Gasteiger partial charge in [0.25, 0.3) is 10.9 Å². The zero-order valence-corrected chi connectivity index (χ0v) is 23.7. The molecule has 3 fully saturated rings. The third-order valence-corrected chi connectivity index (χ3v) is 9.83. The summed E-state index contributed by atoms with van der Waals surface area (Å²) in [5.74, 6) is 2.10. The molecule has 2 N–H and O–H groups in total. The van der Waals surface area contributed by atoms with Crippen LogP contribution in [0.3, 0.4) is 0 Å². The molecule has 6 heterocycles. The number of hydrogen-bond acceptors (Lipinski definition) is 7. The molecule has 10 nitrogen and oxygen atoms in total. The molecule has 208 valence electrons. The van der Waals surface area contributed by atoms with Crippen molar-refractivity contribution in [3.05, 3.63) is 35.9 Å². The Morgan fingerprint density at radius 3 is 2.74 bits per heavy atom. The lowest BCUT2D eigenvalue weighted by Gasteiger charge is -2.34. The van der Waals surface area contributed by atoms with E-state index in [1.54, 1.807) is 29.2 Å². The van der Waals surface area contributed by atoms with Crippen LogP contribution >= 0.6 is 0 Å². The summed E-state index contributed by atoms with van der Waals surface area (Å²) >= 11 is -1.84. The highest BCUT2D eigenvalue weighted by molar-refractivity contribution is 7.90. The van der Waals surface area contributed by atoms with Crippen LogP contribution in [0.15, 0.2) is 35.4 Å². The number of rotatable bonds is 1. The SMILES string of the molecule is CC1CCNc2cccc(n2)[S+]([O-])NC(=O)c2ccc(N3CC4CCCCN4C3=O)nc2N2CC1CC2(C)C. The highest BCUT2D eigenvalue weighted by Crippen LogP contribution is 2.42. The van der Waals surface area contributed by atoms with E-state index in [4.69, 9.17) is 4.98 Å². The van der Waals surface area contributed by atoms with Gasteiger partial charge in [0.2, 0.25) is 0 Å². The summed E-state index contributed by atoms with van der Waals surface area (Å²) < 4.78 is 15.8. The van der Waals surface area contributed by atoms with Crippen LogP contribution in [0.25, 0.3) is 0 Å². The molecule has 6 rings (SSSR count). The second-order valence-electron chi connectivity index (χ2n) is 11.9. The second-order valence-corrected chi connectivity index (χ2v) is 13.1. The number of anilines is 3. The molecular formula is C28H37N7O3S. The average molecular weight is 552 g/mol. The van der Waals surface area contributed by atoms with E-state index in [0.717, 1.165) is 51.7 Å². The van der Waals surface area contributed by atoms with Crippen LogP contribution in [0, 0.1) is 11.8 Å². The second kappa shape index (κ2) is 10.2. The topological polar surface area (TPSA) is 117 Å². The molecule has 4 atom stereocenters. The quantitative estimate of drug-likeness (QED) is 0.518. The van der Waals surface area contributed by atoms with E-state index >= 15 is 0 Å². The van der Waals surface area contributed by atoms with Gasteiger partial charge in [-0.15, -0.1) is 0 Å². The standard InChI is InChI=1S/C28H37N7O3S/c1-18-12-13-29-22-8-6-9-24(30-22)39(38)32-26(36)21-10-11-23(31-25(21)35-16-19(18)15-28(35,2)3)34-17-20-7-4-5-14-33(20)27(34)37/h6,8-11,18-20H,4-5,7,12-17H2,1-3H3,(H,29,30)(H,32,36). The van der Waals surface area contributed by atoms with E-state index in [1.165, 1.54) is 0 Å². The Bertz CT molecular complexity index is 1270. The molecule has 2 aromatic rings. The van der Waals surface area contributed by atoms with Crippen LogP contribution in [0.5, 0.6) is 0 Å². The third-order valence-electron chi connectivity index (χ3n) is 8.85. The lowest BCUT2D eigenvalue weighted by Crippen LogP contribution is -2.41. The monoisotopic (exact) mass is 551 g/mol. The molecule has 2 aromatic heterocycles. The summed E-state index contributed by atoms with van der Waals surface area (Å²) in [6, 6.07) is 8.95. The minimum Gasteiger partial charge on any atom is -0.587 e. The van der Waals surface area contributed by atoms with E-state index in [9.17, 15) is 14.1 Å². The lowest BCUT2D eigenvalue weighted by molar-refractivity contribution is 0.0981. The molecule has 4 unspecified atom stereocenters. The summed E-state index contributed by atoms with van der Waals surface area (Å²) in [4.78, 5) is 42.3. The van der Waals surface area contributed by atoms with Crippen LogP contribution in [-0.4, -0.2) is 69.1 Å². The number of nitrogens with one attached hydrogen (secondary N) is 2. The molecule has 4 bridgehead atoms. The Kier molecular flexibility index (Phi) is 6.83. The van der Waals surface area contributed by atoms with Gasteiger partial charge in [0.15, 0.2) is 0 Å².